The number of anilines is 1. The maximum Gasteiger partial charge on any atom is 0.265 e. The van der Waals surface area contributed by atoms with Gasteiger partial charge in [-0.3, -0.25) is 9.59 Å². The highest BCUT2D eigenvalue weighted by molar-refractivity contribution is 7.89. The predicted octanol–water partition coefficient (Wildman–Crippen LogP) is 2.01. The minimum atomic E-state index is -3.81. The molecule has 1 fully saturated rings. The molecule has 2 aliphatic heterocycles. The molecule has 1 saturated heterocycles. The summed E-state index contributed by atoms with van der Waals surface area (Å²) in [6.45, 7) is 2.62. The highest BCUT2D eigenvalue weighted by Crippen LogP contribution is 2.33. The predicted molar refractivity (Wildman–Crippen MR) is 115 cm³/mol. The van der Waals surface area contributed by atoms with Crippen LogP contribution in [0.15, 0.2) is 47.4 Å². The fraction of sp³-hybridized carbons (Fsp3) is 0.364. The summed E-state index contributed by atoms with van der Waals surface area (Å²) >= 11 is 0. The number of amides is 2. The van der Waals surface area contributed by atoms with Gasteiger partial charge in [-0.15, -0.1) is 0 Å². The third-order valence-electron chi connectivity index (χ3n) is 5.61. The van der Waals surface area contributed by atoms with Crippen molar-refractivity contribution in [3.05, 3.63) is 53.8 Å². The lowest BCUT2D eigenvalue weighted by atomic mass is 10.1. The van der Waals surface area contributed by atoms with E-state index in [0.717, 1.165) is 0 Å². The number of halogens is 1. The number of hydrogen-bond donors (Lipinski definition) is 1. The quantitative estimate of drug-likeness (QED) is 0.735. The van der Waals surface area contributed by atoms with Crippen molar-refractivity contribution >= 4 is 27.5 Å². The second-order valence-electron chi connectivity index (χ2n) is 7.75. The molecule has 1 N–H and O–H groups in total. The summed E-state index contributed by atoms with van der Waals surface area (Å²) in [5.41, 5.74) is 0.901. The zero-order chi connectivity index (χ0) is 22.9. The van der Waals surface area contributed by atoms with E-state index in [9.17, 15) is 22.4 Å². The molecule has 2 heterocycles. The molecule has 0 bridgehead atoms. The second-order valence-corrected chi connectivity index (χ2v) is 9.69. The van der Waals surface area contributed by atoms with Gasteiger partial charge in [-0.05, 0) is 42.3 Å². The summed E-state index contributed by atoms with van der Waals surface area (Å²) in [7, 11) is -3.81. The van der Waals surface area contributed by atoms with Gasteiger partial charge in [-0.25, -0.2) is 12.8 Å². The van der Waals surface area contributed by atoms with Crippen LogP contribution in [-0.4, -0.2) is 61.7 Å². The highest BCUT2D eigenvalue weighted by Gasteiger charge is 2.32. The minimum absolute atomic E-state index is 0.0506. The van der Waals surface area contributed by atoms with Crippen LogP contribution in [0.5, 0.6) is 5.75 Å². The topological polar surface area (TPSA) is 96.0 Å². The summed E-state index contributed by atoms with van der Waals surface area (Å²) in [5.74, 6) is -0.446. The molecule has 0 aromatic heterocycles. The Bertz CT molecular complexity index is 1150. The van der Waals surface area contributed by atoms with Crippen LogP contribution < -0.4 is 10.1 Å². The Kier molecular flexibility index (Phi) is 6.16. The molecule has 1 atom stereocenters. The standard InChI is InChI=1S/C22H24FN3O5S/c1-2-19-22(28)24-18-14-17(6-7-20(18)31-19)32(29,30)26-10-8-25(9-11-26)21(27)13-15-4-3-5-16(23)12-15/h3-7,12,14,19H,2,8-11,13H2,1H3,(H,24,28)/t19-/m1/s1. The number of carbonyl (C=O) groups excluding carboxylic acids is 2. The van der Waals surface area contributed by atoms with Gasteiger partial charge in [0.2, 0.25) is 15.9 Å². The molecule has 0 aliphatic carbocycles. The molecule has 2 aliphatic rings. The molecule has 4 rings (SSSR count). The largest absolute Gasteiger partial charge is 0.478 e. The summed E-state index contributed by atoms with van der Waals surface area (Å²) in [6.07, 6.45) is -0.0237. The van der Waals surface area contributed by atoms with Crippen LogP contribution in [-0.2, 0) is 26.0 Å². The van der Waals surface area contributed by atoms with E-state index < -0.39 is 21.9 Å². The van der Waals surface area contributed by atoms with Gasteiger partial charge in [-0.1, -0.05) is 19.1 Å². The Balaban J connectivity index is 1.41. The van der Waals surface area contributed by atoms with E-state index in [1.165, 1.54) is 28.6 Å². The lowest BCUT2D eigenvalue weighted by Crippen LogP contribution is -2.50. The van der Waals surface area contributed by atoms with Crippen LogP contribution in [0.25, 0.3) is 0 Å². The molecule has 0 unspecified atom stereocenters. The lowest BCUT2D eigenvalue weighted by molar-refractivity contribution is -0.131. The number of carbonyl (C=O) groups is 2. The van der Waals surface area contributed by atoms with Gasteiger partial charge in [-0.2, -0.15) is 4.31 Å². The van der Waals surface area contributed by atoms with Gasteiger partial charge in [0.25, 0.3) is 5.91 Å². The number of benzene rings is 2. The first-order chi connectivity index (χ1) is 15.3. The molecule has 2 aromatic carbocycles. The highest BCUT2D eigenvalue weighted by atomic mass is 32.2. The fourth-order valence-corrected chi connectivity index (χ4v) is 5.27. The first kappa shape index (κ1) is 22.2. The number of hydrogen-bond acceptors (Lipinski definition) is 5. The monoisotopic (exact) mass is 461 g/mol. The van der Waals surface area contributed by atoms with Gasteiger partial charge < -0.3 is 15.0 Å². The maximum absolute atomic E-state index is 13.3. The molecule has 2 amide bonds. The van der Waals surface area contributed by atoms with Gasteiger partial charge in [0, 0.05) is 26.2 Å². The Morgan fingerprint density at radius 2 is 1.91 bits per heavy atom. The molecular formula is C22H24FN3O5S. The molecule has 0 radical (unpaired) electrons. The lowest BCUT2D eigenvalue weighted by Gasteiger charge is -2.34. The SMILES string of the molecule is CC[C@H]1Oc2ccc(S(=O)(=O)N3CCN(C(=O)Cc4cccc(F)c4)CC3)cc2NC1=O. The number of fused-ring (bicyclic) bond motifs is 1. The van der Waals surface area contributed by atoms with E-state index in [0.29, 0.717) is 23.4 Å². The second kappa shape index (κ2) is 8.87. The van der Waals surface area contributed by atoms with E-state index in [-0.39, 0.29) is 49.3 Å². The van der Waals surface area contributed by atoms with E-state index in [4.69, 9.17) is 4.74 Å². The van der Waals surface area contributed by atoms with E-state index >= 15 is 0 Å². The van der Waals surface area contributed by atoms with E-state index in [1.54, 1.807) is 23.1 Å². The summed E-state index contributed by atoms with van der Waals surface area (Å²) in [4.78, 5) is 26.2. The molecule has 0 spiro atoms. The zero-order valence-electron chi connectivity index (χ0n) is 17.6. The molecule has 32 heavy (non-hydrogen) atoms. The van der Waals surface area contributed by atoms with Crippen molar-refractivity contribution in [2.24, 2.45) is 0 Å². The number of ether oxygens (including phenoxy) is 1. The third kappa shape index (κ3) is 4.46. The van der Waals surface area contributed by atoms with Crippen molar-refractivity contribution in [1.82, 2.24) is 9.21 Å². The first-order valence-electron chi connectivity index (χ1n) is 10.4. The van der Waals surface area contributed by atoms with Crippen molar-refractivity contribution in [2.75, 3.05) is 31.5 Å². The van der Waals surface area contributed by atoms with Crippen molar-refractivity contribution < 1.29 is 27.1 Å². The molecular weight excluding hydrogens is 437 g/mol. The van der Waals surface area contributed by atoms with E-state index in [1.807, 2.05) is 6.92 Å². The molecule has 2 aromatic rings. The number of nitrogens with one attached hydrogen (secondary N) is 1. The van der Waals surface area contributed by atoms with Gasteiger partial charge in [0.05, 0.1) is 17.0 Å². The van der Waals surface area contributed by atoms with Crippen molar-refractivity contribution in [3.63, 3.8) is 0 Å². The van der Waals surface area contributed by atoms with Crippen LogP contribution >= 0.6 is 0 Å². The van der Waals surface area contributed by atoms with E-state index in [2.05, 4.69) is 5.32 Å². The normalized spacial score (nSPS) is 19.1. The number of piperazine rings is 1. The third-order valence-corrected chi connectivity index (χ3v) is 7.51. The zero-order valence-corrected chi connectivity index (χ0v) is 18.4. The number of sulfonamides is 1. The van der Waals surface area contributed by atoms with Gasteiger partial charge in [0.15, 0.2) is 6.10 Å². The van der Waals surface area contributed by atoms with Crippen LogP contribution in [0.2, 0.25) is 0 Å². The molecule has 8 nitrogen and oxygen atoms in total. The smallest absolute Gasteiger partial charge is 0.265 e. The Morgan fingerprint density at radius 3 is 2.59 bits per heavy atom. The maximum atomic E-state index is 13.3. The van der Waals surface area contributed by atoms with Crippen molar-refractivity contribution in [3.8, 4) is 5.75 Å². The summed E-state index contributed by atoms with van der Waals surface area (Å²) < 4.78 is 46.5. The average molecular weight is 462 g/mol. The Hall–Kier alpha value is -2.98. The molecule has 0 saturated carbocycles. The summed E-state index contributed by atoms with van der Waals surface area (Å²) in [6, 6.07) is 10.3. The molecule has 170 valence electrons. The van der Waals surface area contributed by atoms with Crippen LogP contribution in [0.1, 0.15) is 18.9 Å². The number of nitrogens with zero attached hydrogens (tertiary/aromatic N) is 2. The Morgan fingerprint density at radius 1 is 1.16 bits per heavy atom. The van der Waals surface area contributed by atoms with Gasteiger partial charge >= 0.3 is 0 Å². The summed E-state index contributed by atoms with van der Waals surface area (Å²) in [5, 5.41) is 2.70. The molecule has 10 heteroatoms. The first-order valence-corrected chi connectivity index (χ1v) is 11.9. The minimum Gasteiger partial charge on any atom is -0.478 e. The Labute approximate surface area is 186 Å². The number of rotatable bonds is 5. The van der Waals surface area contributed by atoms with Crippen LogP contribution in [0, 0.1) is 5.82 Å². The fourth-order valence-electron chi connectivity index (χ4n) is 3.82. The van der Waals surface area contributed by atoms with Crippen molar-refractivity contribution in [2.45, 2.75) is 30.8 Å². The van der Waals surface area contributed by atoms with Crippen molar-refractivity contribution in [1.29, 1.82) is 0 Å². The van der Waals surface area contributed by atoms with Gasteiger partial charge in [0.1, 0.15) is 11.6 Å². The van der Waals surface area contributed by atoms with Crippen LogP contribution in [0.3, 0.4) is 0 Å². The van der Waals surface area contributed by atoms with Crippen LogP contribution in [0.4, 0.5) is 10.1 Å². The average Bonchev–Trinajstić information content (AvgIpc) is 2.78.